The van der Waals surface area contributed by atoms with Crippen molar-refractivity contribution >= 4 is 11.5 Å². The highest BCUT2D eigenvalue weighted by molar-refractivity contribution is 5.87. The van der Waals surface area contributed by atoms with Crippen LogP contribution in [-0.4, -0.2) is 41.4 Å². The van der Waals surface area contributed by atoms with Crippen LogP contribution in [0.4, 0.5) is 0 Å². The van der Waals surface area contributed by atoms with Gasteiger partial charge in [0.2, 0.25) is 0 Å². The van der Waals surface area contributed by atoms with Gasteiger partial charge in [0.05, 0.1) is 11.3 Å². The van der Waals surface area contributed by atoms with Crippen molar-refractivity contribution < 1.29 is 14.7 Å². The fourth-order valence-corrected chi connectivity index (χ4v) is 7.77. The van der Waals surface area contributed by atoms with Crippen LogP contribution in [0.25, 0.3) is 0 Å². The van der Waals surface area contributed by atoms with Crippen molar-refractivity contribution in [3.05, 3.63) is 0 Å². The molecule has 1 saturated heterocycles. The highest BCUT2D eigenvalue weighted by Crippen LogP contribution is 2.66. The average Bonchev–Trinajstić information content (AvgIpc) is 3.29. The summed E-state index contributed by atoms with van der Waals surface area (Å²) in [6.07, 6.45) is 9.64. The van der Waals surface area contributed by atoms with Crippen LogP contribution in [0.2, 0.25) is 0 Å². The van der Waals surface area contributed by atoms with E-state index < -0.39 is 5.60 Å². The number of carbonyl (C=O) groups is 1. The van der Waals surface area contributed by atoms with Crippen molar-refractivity contribution in [2.45, 2.75) is 89.8 Å². The molecule has 0 amide bonds. The number of Topliss-reactive ketones (excluding diaryl/α,β-unsaturated/α-hetero) is 1. The molecular formula is C23H36N2O3. The van der Waals surface area contributed by atoms with Crippen LogP contribution in [0.3, 0.4) is 0 Å². The Morgan fingerprint density at radius 3 is 2.71 bits per heavy atom. The fourth-order valence-electron chi connectivity index (χ4n) is 7.77. The minimum atomic E-state index is -0.668. The number of oxime groups is 1. The molecular weight excluding hydrogens is 352 g/mol. The quantitative estimate of drug-likeness (QED) is 0.711. The van der Waals surface area contributed by atoms with E-state index >= 15 is 0 Å². The van der Waals surface area contributed by atoms with E-state index in [-0.39, 0.29) is 16.9 Å². The van der Waals surface area contributed by atoms with Gasteiger partial charge in [-0.3, -0.25) is 4.79 Å². The number of carbonyl (C=O) groups excluding carboxylic acids is 1. The van der Waals surface area contributed by atoms with Gasteiger partial charge < -0.3 is 15.3 Å². The lowest BCUT2D eigenvalue weighted by molar-refractivity contribution is -0.188. The highest BCUT2D eigenvalue weighted by Gasteiger charge is 2.64. The second-order valence-electron chi connectivity index (χ2n) is 10.8. The summed E-state index contributed by atoms with van der Waals surface area (Å²) in [6.45, 7) is 6.44. The van der Waals surface area contributed by atoms with Crippen molar-refractivity contribution in [2.75, 3.05) is 13.1 Å². The maximum Gasteiger partial charge on any atom is 0.141 e. The molecule has 156 valence electrons. The Morgan fingerprint density at radius 1 is 1.07 bits per heavy atom. The summed E-state index contributed by atoms with van der Waals surface area (Å²) in [5.41, 5.74) is 0.231. The van der Waals surface area contributed by atoms with Gasteiger partial charge >= 0.3 is 0 Å². The standard InChI is InChI=1S/C23H36N2O3/c1-21-9-7-19-17(18(21)3-4-20(21)26)6-11-23(27)13-15(5-10-22(19,23)2)25-28-16-8-12-24-14-16/h16-19,24,27H,3-14H2,1-2H3/t16-,17+,18+,19-,21+,22-,23?/m1/s1. The summed E-state index contributed by atoms with van der Waals surface area (Å²) in [4.78, 5) is 18.3. The molecule has 1 heterocycles. The topological polar surface area (TPSA) is 70.9 Å². The second-order valence-corrected chi connectivity index (χ2v) is 10.8. The number of aliphatic hydroxyl groups is 1. The summed E-state index contributed by atoms with van der Waals surface area (Å²) >= 11 is 0. The van der Waals surface area contributed by atoms with Crippen LogP contribution in [0, 0.1) is 28.6 Å². The van der Waals surface area contributed by atoms with Crippen LogP contribution in [0.15, 0.2) is 5.16 Å². The van der Waals surface area contributed by atoms with Crippen LogP contribution in [-0.2, 0) is 9.63 Å². The molecule has 0 aromatic heterocycles. The van der Waals surface area contributed by atoms with E-state index in [0.29, 0.717) is 30.0 Å². The molecule has 5 heteroatoms. The summed E-state index contributed by atoms with van der Waals surface area (Å²) in [6, 6.07) is 0. The van der Waals surface area contributed by atoms with Crippen molar-refractivity contribution in [1.82, 2.24) is 5.32 Å². The molecule has 5 fully saturated rings. The first-order valence-corrected chi connectivity index (χ1v) is 11.5. The van der Waals surface area contributed by atoms with Gasteiger partial charge in [-0.1, -0.05) is 19.0 Å². The number of ketones is 1. The Kier molecular flexibility index (Phi) is 4.44. The van der Waals surface area contributed by atoms with Crippen LogP contribution < -0.4 is 5.32 Å². The number of fused-ring (bicyclic) bond motifs is 5. The average molecular weight is 389 g/mol. The van der Waals surface area contributed by atoms with Gasteiger partial charge in [-0.25, -0.2) is 0 Å². The molecule has 4 saturated carbocycles. The number of hydrogen-bond donors (Lipinski definition) is 2. The van der Waals surface area contributed by atoms with Gasteiger partial charge in [0, 0.05) is 36.6 Å². The molecule has 5 aliphatic rings. The lowest BCUT2D eigenvalue weighted by Gasteiger charge is -2.62. The minimum Gasteiger partial charge on any atom is -0.391 e. The molecule has 0 aromatic carbocycles. The first kappa shape index (κ1) is 19.0. The smallest absolute Gasteiger partial charge is 0.141 e. The van der Waals surface area contributed by atoms with E-state index in [1.807, 2.05) is 0 Å². The molecule has 5 rings (SSSR count). The number of hydrogen-bond acceptors (Lipinski definition) is 5. The van der Waals surface area contributed by atoms with Gasteiger partial charge in [0.15, 0.2) is 0 Å². The van der Waals surface area contributed by atoms with Crippen LogP contribution in [0.1, 0.15) is 78.1 Å². The molecule has 0 radical (unpaired) electrons. The lowest BCUT2D eigenvalue weighted by atomic mass is 9.43. The Bertz CT molecular complexity index is 687. The summed E-state index contributed by atoms with van der Waals surface area (Å²) in [5, 5.41) is 19.6. The third-order valence-corrected chi connectivity index (χ3v) is 9.69. The van der Waals surface area contributed by atoms with Crippen molar-refractivity contribution in [3.63, 3.8) is 0 Å². The zero-order valence-corrected chi connectivity index (χ0v) is 17.5. The van der Waals surface area contributed by atoms with Crippen molar-refractivity contribution in [3.8, 4) is 0 Å². The Hall–Kier alpha value is -0.940. The zero-order chi connectivity index (χ0) is 19.6. The summed E-state index contributed by atoms with van der Waals surface area (Å²) in [7, 11) is 0. The van der Waals surface area contributed by atoms with Crippen molar-refractivity contribution in [1.29, 1.82) is 0 Å². The Labute approximate surface area is 168 Å². The fraction of sp³-hybridized carbons (Fsp3) is 0.913. The summed E-state index contributed by atoms with van der Waals surface area (Å²) in [5.74, 6) is 2.18. The third-order valence-electron chi connectivity index (χ3n) is 9.69. The molecule has 0 bridgehead atoms. The molecule has 2 N–H and O–H groups in total. The minimum absolute atomic E-state index is 0.0587. The zero-order valence-electron chi connectivity index (χ0n) is 17.5. The predicted octanol–water partition coefficient (Wildman–Crippen LogP) is 3.45. The molecule has 7 atom stereocenters. The van der Waals surface area contributed by atoms with E-state index in [4.69, 9.17) is 4.84 Å². The lowest BCUT2D eigenvalue weighted by Crippen LogP contribution is -2.62. The normalized spacial score (nSPS) is 52.2. The molecule has 1 aliphatic heterocycles. The first-order chi connectivity index (χ1) is 13.4. The van der Waals surface area contributed by atoms with E-state index in [2.05, 4.69) is 24.3 Å². The molecule has 0 aromatic rings. The largest absolute Gasteiger partial charge is 0.391 e. The van der Waals surface area contributed by atoms with Crippen LogP contribution >= 0.6 is 0 Å². The Morgan fingerprint density at radius 2 is 1.93 bits per heavy atom. The second kappa shape index (κ2) is 6.53. The number of nitrogens with one attached hydrogen (secondary N) is 1. The maximum absolute atomic E-state index is 12.6. The molecule has 28 heavy (non-hydrogen) atoms. The molecule has 4 aliphatic carbocycles. The van der Waals surface area contributed by atoms with Crippen LogP contribution in [0.5, 0.6) is 0 Å². The highest BCUT2D eigenvalue weighted by atomic mass is 16.6. The van der Waals surface area contributed by atoms with Gasteiger partial charge in [-0.15, -0.1) is 0 Å². The van der Waals surface area contributed by atoms with E-state index in [1.54, 1.807) is 0 Å². The van der Waals surface area contributed by atoms with E-state index in [9.17, 15) is 9.90 Å². The maximum atomic E-state index is 12.6. The monoisotopic (exact) mass is 388 g/mol. The molecule has 5 nitrogen and oxygen atoms in total. The Balaban J connectivity index is 1.35. The predicted molar refractivity (Wildman–Crippen MR) is 108 cm³/mol. The SMILES string of the molecule is C[C@]12CC[C@@H]3[C@@H](CCC4(O)CC(=NO[C@@H]5CCNC5)CC[C@]34C)[C@@H]1CCC2=O. The summed E-state index contributed by atoms with van der Waals surface area (Å²) < 4.78 is 0. The number of nitrogens with zero attached hydrogens (tertiary/aromatic N) is 1. The third kappa shape index (κ3) is 2.64. The van der Waals surface area contributed by atoms with E-state index in [0.717, 1.165) is 76.6 Å². The van der Waals surface area contributed by atoms with Gasteiger partial charge in [0.1, 0.15) is 11.9 Å². The van der Waals surface area contributed by atoms with Gasteiger partial charge in [-0.2, -0.15) is 0 Å². The number of rotatable bonds is 2. The first-order valence-electron chi connectivity index (χ1n) is 11.5. The molecule has 1 unspecified atom stereocenters. The van der Waals surface area contributed by atoms with Crippen molar-refractivity contribution in [2.24, 2.45) is 33.7 Å². The van der Waals surface area contributed by atoms with E-state index in [1.165, 1.54) is 0 Å². The van der Waals surface area contributed by atoms with Gasteiger partial charge in [0.25, 0.3) is 0 Å². The van der Waals surface area contributed by atoms with Gasteiger partial charge in [-0.05, 0) is 69.2 Å². The molecule has 0 spiro atoms.